The Morgan fingerprint density at radius 1 is 1.58 bits per heavy atom. The highest BCUT2D eigenvalue weighted by atomic mass is 16.1. The zero-order valence-electron chi connectivity index (χ0n) is 7.40. The quantitative estimate of drug-likeness (QED) is 0.669. The van der Waals surface area contributed by atoms with Crippen LogP contribution < -0.4 is 0 Å². The van der Waals surface area contributed by atoms with E-state index in [0.29, 0.717) is 18.9 Å². The van der Waals surface area contributed by atoms with Crippen molar-refractivity contribution in [1.29, 1.82) is 0 Å². The van der Waals surface area contributed by atoms with Crippen molar-refractivity contribution >= 4 is 5.78 Å². The van der Waals surface area contributed by atoms with Gasteiger partial charge in [-0.15, -0.1) is 0 Å². The van der Waals surface area contributed by atoms with Gasteiger partial charge in [-0.05, 0) is 5.92 Å². The first-order valence-corrected chi connectivity index (χ1v) is 4.02. The van der Waals surface area contributed by atoms with E-state index in [1.165, 1.54) is 6.33 Å². The molecule has 0 radical (unpaired) electrons. The largest absolute Gasteiger partial charge is 0.298 e. The lowest BCUT2D eigenvalue weighted by Gasteiger charge is -2.02. The van der Waals surface area contributed by atoms with Crippen LogP contribution in [0, 0.1) is 5.92 Å². The normalized spacial score (nSPS) is 10.6. The van der Waals surface area contributed by atoms with E-state index in [0.717, 1.165) is 0 Å². The molecule has 0 saturated heterocycles. The summed E-state index contributed by atoms with van der Waals surface area (Å²) in [6.07, 6.45) is 3.60. The lowest BCUT2D eigenvalue weighted by Crippen LogP contribution is -2.12. The minimum absolute atomic E-state index is 0.204. The Kier molecular flexibility index (Phi) is 2.96. The van der Waals surface area contributed by atoms with Crippen LogP contribution in [0.3, 0.4) is 0 Å². The number of ketones is 1. The molecular weight excluding hydrogens is 154 g/mol. The van der Waals surface area contributed by atoms with Crippen LogP contribution in [0.5, 0.6) is 0 Å². The smallest absolute Gasteiger partial charge is 0.154 e. The third-order valence-electron chi connectivity index (χ3n) is 1.44. The Morgan fingerprint density at radius 3 is 2.83 bits per heavy atom. The molecule has 0 aliphatic heterocycles. The van der Waals surface area contributed by atoms with Crippen LogP contribution in [0.25, 0.3) is 0 Å². The molecule has 0 N–H and O–H groups in total. The number of nitrogens with zero attached hydrogens (tertiary/aromatic N) is 3. The Hall–Kier alpha value is -1.19. The molecule has 0 unspecified atom stereocenters. The van der Waals surface area contributed by atoms with Crippen molar-refractivity contribution in [2.75, 3.05) is 0 Å². The van der Waals surface area contributed by atoms with Crippen molar-refractivity contribution in [3.05, 3.63) is 12.7 Å². The molecule has 0 bridgehead atoms. The zero-order valence-corrected chi connectivity index (χ0v) is 7.40. The molecule has 0 amide bonds. The lowest BCUT2D eigenvalue weighted by molar-refractivity contribution is -0.120. The summed E-state index contributed by atoms with van der Waals surface area (Å²) in [6.45, 7) is 4.40. The van der Waals surface area contributed by atoms with Gasteiger partial charge in [0.25, 0.3) is 0 Å². The first-order valence-electron chi connectivity index (χ1n) is 4.02. The minimum Gasteiger partial charge on any atom is -0.298 e. The second-order valence-corrected chi connectivity index (χ2v) is 3.23. The number of Topliss-reactive ketones (excluding diaryl/α,β-unsaturated/α-hetero) is 1. The summed E-state index contributed by atoms with van der Waals surface area (Å²) < 4.78 is 1.55. The summed E-state index contributed by atoms with van der Waals surface area (Å²) in [4.78, 5) is 15.0. The average molecular weight is 167 g/mol. The molecule has 4 nitrogen and oxygen atoms in total. The Morgan fingerprint density at radius 2 is 2.33 bits per heavy atom. The predicted molar refractivity (Wildman–Crippen MR) is 44.5 cm³/mol. The van der Waals surface area contributed by atoms with Gasteiger partial charge in [0.1, 0.15) is 19.2 Å². The summed E-state index contributed by atoms with van der Waals surface area (Å²) >= 11 is 0. The summed E-state index contributed by atoms with van der Waals surface area (Å²) in [5.41, 5.74) is 0. The second kappa shape index (κ2) is 3.99. The minimum atomic E-state index is 0.204. The van der Waals surface area contributed by atoms with Crippen molar-refractivity contribution in [3.8, 4) is 0 Å². The molecule has 4 heteroatoms. The standard InChI is InChI=1S/C8H13N3O/c1-7(2)3-8(12)4-11-6-9-5-10-11/h5-7H,3-4H2,1-2H3. The number of hydrogen-bond donors (Lipinski definition) is 0. The third kappa shape index (κ3) is 2.82. The van der Waals surface area contributed by atoms with Crippen LogP contribution in [0.4, 0.5) is 0 Å². The number of carbonyl (C=O) groups excluding carboxylic acids is 1. The first kappa shape index (κ1) is 8.90. The molecule has 0 saturated carbocycles. The SMILES string of the molecule is CC(C)CC(=O)Cn1cncn1. The van der Waals surface area contributed by atoms with Crippen LogP contribution in [0.15, 0.2) is 12.7 Å². The van der Waals surface area contributed by atoms with Gasteiger partial charge in [0.2, 0.25) is 0 Å². The Balaban J connectivity index is 2.37. The maximum atomic E-state index is 11.2. The fourth-order valence-corrected chi connectivity index (χ4v) is 1.01. The molecule has 0 fully saturated rings. The highest BCUT2D eigenvalue weighted by molar-refractivity contribution is 5.78. The maximum absolute atomic E-state index is 11.2. The highest BCUT2D eigenvalue weighted by Crippen LogP contribution is 2.00. The maximum Gasteiger partial charge on any atom is 0.154 e. The second-order valence-electron chi connectivity index (χ2n) is 3.23. The molecule has 1 heterocycles. The van der Waals surface area contributed by atoms with E-state index in [1.807, 2.05) is 13.8 Å². The Labute approximate surface area is 71.6 Å². The van der Waals surface area contributed by atoms with Gasteiger partial charge in [-0.25, -0.2) is 9.67 Å². The highest BCUT2D eigenvalue weighted by Gasteiger charge is 2.05. The van der Waals surface area contributed by atoms with Crippen molar-refractivity contribution in [2.45, 2.75) is 26.8 Å². The summed E-state index contributed by atoms with van der Waals surface area (Å²) in [5, 5.41) is 3.85. The van der Waals surface area contributed by atoms with Gasteiger partial charge in [-0.3, -0.25) is 4.79 Å². The average Bonchev–Trinajstić information content (AvgIpc) is 2.37. The fraction of sp³-hybridized carbons (Fsp3) is 0.625. The van der Waals surface area contributed by atoms with Crippen LogP contribution in [-0.2, 0) is 11.3 Å². The van der Waals surface area contributed by atoms with Crippen molar-refractivity contribution in [1.82, 2.24) is 14.8 Å². The molecule has 66 valence electrons. The number of rotatable bonds is 4. The van der Waals surface area contributed by atoms with E-state index in [1.54, 1.807) is 11.0 Å². The lowest BCUT2D eigenvalue weighted by atomic mass is 10.1. The van der Waals surface area contributed by atoms with Gasteiger partial charge in [-0.1, -0.05) is 13.8 Å². The summed E-state index contributed by atoms with van der Waals surface area (Å²) in [5.74, 6) is 0.622. The molecule has 12 heavy (non-hydrogen) atoms. The summed E-state index contributed by atoms with van der Waals surface area (Å²) in [6, 6.07) is 0. The van der Waals surface area contributed by atoms with Gasteiger partial charge >= 0.3 is 0 Å². The van der Waals surface area contributed by atoms with Crippen molar-refractivity contribution < 1.29 is 4.79 Å². The number of carbonyl (C=O) groups is 1. The van der Waals surface area contributed by atoms with E-state index < -0.39 is 0 Å². The number of hydrogen-bond acceptors (Lipinski definition) is 3. The van der Waals surface area contributed by atoms with Gasteiger partial charge < -0.3 is 0 Å². The molecule has 1 aromatic heterocycles. The van der Waals surface area contributed by atoms with Crippen LogP contribution in [-0.4, -0.2) is 20.5 Å². The molecule has 0 spiro atoms. The molecule has 0 atom stereocenters. The van der Waals surface area contributed by atoms with Crippen molar-refractivity contribution in [2.24, 2.45) is 5.92 Å². The first-order chi connectivity index (χ1) is 5.68. The molecule has 1 aromatic rings. The zero-order chi connectivity index (χ0) is 8.97. The molecule has 1 rings (SSSR count). The van der Waals surface area contributed by atoms with E-state index >= 15 is 0 Å². The van der Waals surface area contributed by atoms with E-state index in [4.69, 9.17) is 0 Å². The van der Waals surface area contributed by atoms with Crippen molar-refractivity contribution in [3.63, 3.8) is 0 Å². The van der Waals surface area contributed by atoms with E-state index in [-0.39, 0.29) is 5.78 Å². The predicted octanol–water partition coefficient (Wildman–Crippen LogP) is 0.893. The van der Waals surface area contributed by atoms with Crippen LogP contribution >= 0.6 is 0 Å². The van der Waals surface area contributed by atoms with E-state index in [2.05, 4.69) is 10.1 Å². The van der Waals surface area contributed by atoms with E-state index in [9.17, 15) is 4.79 Å². The third-order valence-corrected chi connectivity index (χ3v) is 1.44. The van der Waals surface area contributed by atoms with Crippen LogP contribution in [0.2, 0.25) is 0 Å². The van der Waals surface area contributed by atoms with Gasteiger partial charge in [-0.2, -0.15) is 5.10 Å². The monoisotopic (exact) mass is 167 g/mol. The van der Waals surface area contributed by atoms with Gasteiger partial charge in [0.05, 0.1) is 0 Å². The van der Waals surface area contributed by atoms with Crippen LogP contribution in [0.1, 0.15) is 20.3 Å². The fourth-order valence-electron chi connectivity index (χ4n) is 1.01. The summed E-state index contributed by atoms with van der Waals surface area (Å²) in [7, 11) is 0. The molecule has 0 aromatic carbocycles. The number of aromatic nitrogens is 3. The Bertz CT molecular complexity index is 241. The molecule has 0 aliphatic carbocycles. The van der Waals surface area contributed by atoms with Gasteiger partial charge in [0, 0.05) is 6.42 Å². The molecule has 0 aliphatic rings. The molecular formula is C8H13N3O. The topological polar surface area (TPSA) is 47.8 Å². The van der Waals surface area contributed by atoms with Gasteiger partial charge in [0.15, 0.2) is 5.78 Å².